The minimum atomic E-state index is -0.936. The van der Waals surface area contributed by atoms with Gasteiger partial charge in [-0.15, -0.1) is 0 Å². The fourth-order valence-electron chi connectivity index (χ4n) is 3.95. The summed E-state index contributed by atoms with van der Waals surface area (Å²) in [5, 5.41) is 9.43. The van der Waals surface area contributed by atoms with E-state index in [4.69, 9.17) is 4.74 Å². The summed E-state index contributed by atoms with van der Waals surface area (Å²) in [6.07, 6.45) is 7.23. The van der Waals surface area contributed by atoms with Gasteiger partial charge in [0.25, 0.3) is 0 Å². The fourth-order valence-corrected chi connectivity index (χ4v) is 3.95. The molecule has 1 N–H and O–H groups in total. The Bertz CT molecular complexity index is 563. The third kappa shape index (κ3) is 2.19. The van der Waals surface area contributed by atoms with Crippen LogP contribution in [0.5, 0.6) is 0 Å². The number of fused-ring (bicyclic) bond motifs is 1. The predicted octanol–water partition coefficient (Wildman–Crippen LogP) is 1.99. The molecule has 5 nitrogen and oxygen atoms in total. The van der Waals surface area contributed by atoms with Gasteiger partial charge in [0.15, 0.2) is 0 Å². The van der Waals surface area contributed by atoms with Gasteiger partial charge in [0, 0.05) is 6.04 Å². The first-order chi connectivity index (χ1) is 10.4. The lowest BCUT2D eigenvalue weighted by molar-refractivity contribution is -0.148. The molecule has 0 aliphatic carbocycles. The highest BCUT2D eigenvalue weighted by Crippen LogP contribution is 2.52. The number of carboxylic acids is 1. The van der Waals surface area contributed by atoms with Gasteiger partial charge in [-0.05, 0) is 33.6 Å². The Morgan fingerprint density at radius 3 is 2.95 bits per heavy atom. The summed E-state index contributed by atoms with van der Waals surface area (Å²) in [6, 6.07) is 0.0913. The topological polar surface area (TPSA) is 66.8 Å². The number of rotatable bonds is 5. The van der Waals surface area contributed by atoms with Crippen LogP contribution in [0.25, 0.3) is 0 Å². The molecule has 0 aromatic heterocycles. The molecule has 0 radical (unpaired) electrons. The number of carboxylic acid groups (broad SMARTS) is 1. The molecule has 1 amide bonds. The number of hydrogen-bond donors (Lipinski definition) is 1. The van der Waals surface area contributed by atoms with Crippen molar-refractivity contribution >= 4 is 11.9 Å². The van der Waals surface area contributed by atoms with Gasteiger partial charge in [-0.1, -0.05) is 23.8 Å². The van der Waals surface area contributed by atoms with E-state index < -0.39 is 29.5 Å². The summed E-state index contributed by atoms with van der Waals surface area (Å²) in [5.74, 6) is -2.31. The summed E-state index contributed by atoms with van der Waals surface area (Å²) in [5.41, 5.74) is 0.557. The number of amides is 1. The molecule has 120 valence electrons. The average molecular weight is 305 g/mol. The number of hydrogen-bond acceptors (Lipinski definition) is 3. The van der Waals surface area contributed by atoms with Gasteiger partial charge >= 0.3 is 5.97 Å². The van der Waals surface area contributed by atoms with Gasteiger partial charge < -0.3 is 14.7 Å². The van der Waals surface area contributed by atoms with Crippen LogP contribution in [0, 0.1) is 11.8 Å². The summed E-state index contributed by atoms with van der Waals surface area (Å²) in [6.45, 7) is 6.62. The highest BCUT2D eigenvalue weighted by Gasteiger charge is 2.67. The number of likely N-dealkylation sites (tertiary alicyclic amines) is 1. The fraction of sp³-hybridized carbons (Fsp3) is 0.647. The van der Waals surface area contributed by atoms with E-state index in [9.17, 15) is 14.7 Å². The van der Waals surface area contributed by atoms with E-state index in [1.54, 1.807) is 6.08 Å². The normalized spacial score (nSPS) is 36.6. The number of ether oxygens (including phenoxy) is 1. The third-order valence-electron chi connectivity index (χ3n) is 5.08. The second-order valence-electron chi connectivity index (χ2n) is 6.91. The molecule has 5 atom stereocenters. The number of carbonyl (C=O) groups is 2. The Morgan fingerprint density at radius 1 is 1.59 bits per heavy atom. The van der Waals surface area contributed by atoms with E-state index >= 15 is 0 Å². The van der Waals surface area contributed by atoms with E-state index in [-0.39, 0.29) is 11.9 Å². The van der Waals surface area contributed by atoms with Crippen LogP contribution >= 0.6 is 0 Å². The van der Waals surface area contributed by atoms with Crippen molar-refractivity contribution in [2.24, 2.45) is 11.8 Å². The first kappa shape index (κ1) is 15.3. The zero-order valence-electron chi connectivity index (χ0n) is 13.3. The Kier molecular flexibility index (Phi) is 3.63. The van der Waals surface area contributed by atoms with Crippen molar-refractivity contribution in [2.75, 3.05) is 6.54 Å². The van der Waals surface area contributed by atoms with Crippen LogP contribution in [-0.4, -0.2) is 46.2 Å². The molecule has 3 heterocycles. The lowest BCUT2D eigenvalue weighted by Gasteiger charge is -2.27. The molecule has 5 heteroatoms. The molecule has 3 aliphatic rings. The quantitative estimate of drug-likeness (QED) is 0.789. The van der Waals surface area contributed by atoms with Crippen molar-refractivity contribution in [3.8, 4) is 0 Å². The molecule has 0 saturated carbocycles. The molecule has 1 spiro atoms. The number of carbonyl (C=O) groups excluding carboxylic acids is 1. The maximum atomic E-state index is 12.8. The number of aliphatic carboxylic acids is 1. The first-order valence-corrected chi connectivity index (χ1v) is 7.89. The second-order valence-corrected chi connectivity index (χ2v) is 6.91. The molecule has 0 aromatic rings. The Balaban J connectivity index is 1.76. The van der Waals surface area contributed by atoms with Crippen LogP contribution in [0.2, 0.25) is 0 Å². The molecule has 2 saturated heterocycles. The number of allylic oxidation sites excluding steroid dienone is 2. The lowest BCUT2D eigenvalue weighted by atomic mass is 9.77. The standard InChI is InChI=1S/C17H23NO4/c1-10(2)5-4-6-11(3)18-9-17-8-7-12(22-17)13(16(20)21)14(17)15(18)19/h5,7-8,11-14H,4,6,9H2,1-3H3,(H,20,21)/t11-,12+,13-,14+,17+/m0/s1. The van der Waals surface area contributed by atoms with E-state index in [2.05, 4.69) is 19.9 Å². The van der Waals surface area contributed by atoms with Crippen molar-refractivity contribution in [1.82, 2.24) is 4.90 Å². The van der Waals surface area contributed by atoms with Crippen LogP contribution in [0.15, 0.2) is 23.8 Å². The van der Waals surface area contributed by atoms with Gasteiger partial charge in [0.05, 0.1) is 18.6 Å². The van der Waals surface area contributed by atoms with Gasteiger partial charge in [0.2, 0.25) is 5.91 Å². The Morgan fingerprint density at radius 2 is 2.32 bits per heavy atom. The van der Waals surface area contributed by atoms with E-state index in [1.165, 1.54) is 5.57 Å². The molecule has 22 heavy (non-hydrogen) atoms. The largest absolute Gasteiger partial charge is 0.481 e. The average Bonchev–Trinajstić information content (AvgIpc) is 3.06. The predicted molar refractivity (Wildman–Crippen MR) is 81.2 cm³/mol. The smallest absolute Gasteiger partial charge is 0.310 e. The maximum absolute atomic E-state index is 12.8. The van der Waals surface area contributed by atoms with Crippen molar-refractivity contribution in [3.63, 3.8) is 0 Å². The zero-order chi connectivity index (χ0) is 16.1. The van der Waals surface area contributed by atoms with E-state index in [0.29, 0.717) is 6.54 Å². The molecule has 3 aliphatic heterocycles. The number of nitrogens with zero attached hydrogens (tertiary/aromatic N) is 1. The summed E-state index contributed by atoms with van der Waals surface area (Å²) < 4.78 is 5.88. The Labute approximate surface area is 130 Å². The molecule has 3 rings (SSSR count). The van der Waals surface area contributed by atoms with Crippen molar-refractivity contribution in [1.29, 1.82) is 0 Å². The highest BCUT2D eigenvalue weighted by atomic mass is 16.5. The molecule has 0 unspecified atom stereocenters. The van der Waals surface area contributed by atoms with Crippen LogP contribution in [-0.2, 0) is 14.3 Å². The maximum Gasteiger partial charge on any atom is 0.310 e. The van der Waals surface area contributed by atoms with Gasteiger partial charge in [-0.2, -0.15) is 0 Å². The van der Waals surface area contributed by atoms with Crippen LogP contribution < -0.4 is 0 Å². The van der Waals surface area contributed by atoms with Crippen molar-refractivity contribution in [3.05, 3.63) is 23.8 Å². The van der Waals surface area contributed by atoms with Gasteiger partial charge in [-0.25, -0.2) is 0 Å². The molecule has 0 aromatic carbocycles. The highest BCUT2D eigenvalue weighted by molar-refractivity contribution is 5.90. The van der Waals surface area contributed by atoms with Crippen LogP contribution in [0.1, 0.15) is 33.6 Å². The Hall–Kier alpha value is -1.62. The summed E-state index contributed by atoms with van der Waals surface area (Å²) in [4.78, 5) is 26.1. The molecule has 2 fully saturated rings. The van der Waals surface area contributed by atoms with Crippen molar-refractivity contribution < 1.29 is 19.4 Å². The van der Waals surface area contributed by atoms with E-state index in [1.807, 2.05) is 17.9 Å². The van der Waals surface area contributed by atoms with Gasteiger partial charge in [-0.3, -0.25) is 9.59 Å². The van der Waals surface area contributed by atoms with E-state index in [0.717, 1.165) is 12.8 Å². The van der Waals surface area contributed by atoms with Crippen molar-refractivity contribution in [2.45, 2.75) is 51.4 Å². The lowest BCUT2D eigenvalue weighted by Crippen LogP contribution is -2.40. The molecular formula is C17H23NO4. The minimum absolute atomic E-state index is 0.0658. The monoisotopic (exact) mass is 305 g/mol. The summed E-state index contributed by atoms with van der Waals surface area (Å²) in [7, 11) is 0. The van der Waals surface area contributed by atoms with Gasteiger partial charge in [0.1, 0.15) is 11.5 Å². The minimum Gasteiger partial charge on any atom is -0.481 e. The zero-order valence-corrected chi connectivity index (χ0v) is 13.3. The van der Waals surface area contributed by atoms with Crippen LogP contribution in [0.3, 0.4) is 0 Å². The third-order valence-corrected chi connectivity index (χ3v) is 5.08. The first-order valence-electron chi connectivity index (χ1n) is 7.89. The summed E-state index contributed by atoms with van der Waals surface area (Å²) >= 11 is 0. The second kappa shape index (κ2) is 5.23. The molecule has 2 bridgehead atoms. The molecular weight excluding hydrogens is 282 g/mol. The SMILES string of the molecule is CC(C)=CCC[C@H](C)N1C[C@@]23C=C[C@@H](O2)[C@H](C(=O)O)[C@@H]3C1=O. The van der Waals surface area contributed by atoms with Crippen LogP contribution in [0.4, 0.5) is 0 Å².